The van der Waals surface area contributed by atoms with Gasteiger partial charge in [-0.05, 0) is 48.7 Å². The Morgan fingerprint density at radius 3 is 2.48 bits per heavy atom. The van der Waals surface area contributed by atoms with Crippen molar-refractivity contribution in [2.45, 2.75) is 39.5 Å². The first-order valence-electron chi connectivity index (χ1n) is 9.57. The lowest BCUT2D eigenvalue weighted by Gasteiger charge is -2.11. The highest BCUT2D eigenvalue weighted by molar-refractivity contribution is 6.37. The molecule has 0 saturated heterocycles. The summed E-state index contributed by atoms with van der Waals surface area (Å²) in [6.07, 6.45) is 5.79. The monoisotopic (exact) mass is 430 g/mol. The van der Waals surface area contributed by atoms with E-state index in [1.165, 1.54) is 6.08 Å². The van der Waals surface area contributed by atoms with Crippen molar-refractivity contribution in [2.24, 2.45) is 0 Å². The molecular weight excluding hydrogens is 407 g/mol. The Labute approximate surface area is 182 Å². The molecule has 2 aromatic carbocycles. The molecule has 0 saturated carbocycles. The van der Waals surface area contributed by atoms with Crippen LogP contribution in [-0.4, -0.2) is 12.5 Å². The number of nitriles is 1. The third-order valence-corrected chi connectivity index (χ3v) is 4.90. The molecule has 1 amide bonds. The zero-order valence-electron chi connectivity index (χ0n) is 16.6. The van der Waals surface area contributed by atoms with E-state index in [4.69, 9.17) is 27.9 Å². The average Bonchev–Trinajstić information content (AvgIpc) is 2.69. The van der Waals surface area contributed by atoms with Crippen LogP contribution in [0.4, 0.5) is 5.69 Å². The highest BCUT2D eigenvalue weighted by Crippen LogP contribution is 2.35. The minimum absolute atomic E-state index is 0.0476. The van der Waals surface area contributed by atoms with Gasteiger partial charge >= 0.3 is 0 Å². The Kier molecular flexibility index (Phi) is 9.05. The minimum Gasteiger partial charge on any atom is -0.490 e. The Morgan fingerprint density at radius 2 is 1.86 bits per heavy atom. The van der Waals surface area contributed by atoms with Crippen LogP contribution >= 0.6 is 23.2 Å². The van der Waals surface area contributed by atoms with Crippen LogP contribution < -0.4 is 10.1 Å². The number of aryl methyl sites for hydroxylation is 1. The third-order valence-electron chi connectivity index (χ3n) is 4.33. The Hall–Kier alpha value is -2.48. The summed E-state index contributed by atoms with van der Waals surface area (Å²) in [4.78, 5) is 12.5. The van der Waals surface area contributed by atoms with E-state index in [2.05, 4.69) is 12.2 Å². The van der Waals surface area contributed by atoms with Gasteiger partial charge in [0.15, 0.2) is 5.75 Å². The largest absolute Gasteiger partial charge is 0.490 e. The number of hydrogen-bond acceptors (Lipinski definition) is 3. The number of carbonyl (C=O) groups excluding carboxylic acids is 1. The van der Waals surface area contributed by atoms with E-state index >= 15 is 0 Å². The number of anilines is 1. The van der Waals surface area contributed by atoms with Gasteiger partial charge in [0.2, 0.25) is 0 Å². The van der Waals surface area contributed by atoms with Crippen LogP contribution in [0.15, 0.2) is 42.0 Å². The standard InChI is InChI=1S/C23H24Cl2N2O2/c1-3-4-5-8-11-29-22-19(24)13-17(14-20(22)25)12-18(15-26)23(28)27-21-10-7-6-9-16(21)2/h6-7,9-10,12-14H,3-5,8,11H2,1-2H3,(H,27,28)/b18-12-. The summed E-state index contributed by atoms with van der Waals surface area (Å²) in [6.45, 7) is 4.57. The molecule has 0 spiro atoms. The van der Waals surface area contributed by atoms with E-state index in [0.717, 1.165) is 31.2 Å². The number of halogens is 2. The predicted molar refractivity (Wildman–Crippen MR) is 119 cm³/mol. The molecule has 6 heteroatoms. The maximum atomic E-state index is 12.5. The maximum absolute atomic E-state index is 12.5. The van der Waals surface area contributed by atoms with Crippen molar-refractivity contribution in [1.82, 2.24) is 0 Å². The Bertz CT molecular complexity index is 910. The number of hydrogen-bond donors (Lipinski definition) is 1. The molecule has 0 aliphatic carbocycles. The molecule has 0 radical (unpaired) electrons. The molecule has 2 aromatic rings. The summed E-state index contributed by atoms with van der Waals surface area (Å²) in [5.41, 5.74) is 2.06. The van der Waals surface area contributed by atoms with Crippen LogP contribution in [0.5, 0.6) is 5.75 Å². The topological polar surface area (TPSA) is 62.1 Å². The van der Waals surface area contributed by atoms with Gasteiger partial charge in [-0.3, -0.25) is 4.79 Å². The highest BCUT2D eigenvalue weighted by Gasteiger charge is 2.13. The number of unbranched alkanes of at least 4 members (excludes halogenated alkanes) is 3. The average molecular weight is 431 g/mol. The molecule has 0 fully saturated rings. The van der Waals surface area contributed by atoms with E-state index < -0.39 is 5.91 Å². The number of nitrogens with one attached hydrogen (secondary N) is 1. The molecule has 4 nitrogen and oxygen atoms in total. The SMILES string of the molecule is CCCCCCOc1c(Cl)cc(/C=C(/C#N)C(=O)Nc2ccccc2C)cc1Cl. The number of benzene rings is 2. The van der Waals surface area contributed by atoms with Crippen molar-refractivity contribution in [3.63, 3.8) is 0 Å². The van der Waals surface area contributed by atoms with Gasteiger partial charge in [-0.1, -0.05) is 67.6 Å². The van der Waals surface area contributed by atoms with Gasteiger partial charge < -0.3 is 10.1 Å². The normalized spacial score (nSPS) is 11.1. The second-order valence-corrected chi connectivity index (χ2v) is 7.48. The van der Waals surface area contributed by atoms with Crippen LogP contribution in [0.2, 0.25) is 10.0 Å². The second-order valence-electron chi connectivity index (χ2n) is 6.66. The van der Waals surface area contributed by atoms with Gasteiger partial charge in [0.1, 0.15) is 11.6 Å². The molecule has 0 atom stereocenters. The lowest BCUT2D eigenvalue weighted by Crippen LogP contribution is -2.14. The molecule has 0 aliphatic rings. The number of carbonyl (C=O) groups is 1. The Morgan fingerprint density at radius 1 is 1.17 bits per heavy atom. The summed E-state index contributed by atoms with van der Waals surface area (Å²) in [5, 5.41) is 12.8. The van der Waals surface area contributed by atoms with Crippen molar-refractivity contribution in [2.75, 3.05) is 11.9 Å². The molecule has 152 valence electrons. The van der Waals surface area contributed by atoms with Gasteiger partial charge in [0, 0.05) is 5.69 Å². The molecule has 29 heavy (non-hydrogen) atoms. The summed E-state index contributed by atoms with van der Waals surface area (Å²) in [7, 11) is 0. The predicted octanol–water partition coefficient (Wildman–Crippen LogP) is 6.81. The zero-order valence-corrected chi connectivity index (χ0v) is 18.1. The second kappa shape index (κ2) is 11.5. The lowest BCUT2D eigenvalue weighted by molar-refractivity contribution is -0.112. The van der Waals surface area contributed by atoms with Crippen molar-refractivity contribution < 1.29 is 9.53 Å². The van der Waals surface area contributed by atoms with Crippen LogP contribution in [-0.2, 0) is 4.79 Å². The Balaban J connectivity index is 2.13. The molecular formula is C23H24Cl2N2O2. The smallest absolute Gasteiger partial charge is 0.266 e. The van der Waals surface area contributed by atoms with Crippen molar-refractivity contribution in [3.8, 4) is 11.8 Å². The molecule has 2 rings (SSSR count). The van der Waals surface area contributed by atoms with Crippen LogP contribution in [0.25, 0.3) is 6.08 Å². The van der Waals surface area contributed by atoms with Crippen molar-refractivity contribution in [1.29, 1.82) is 5.26 Å². The zero-order chi connectivity index (χ0) is 21.2. The molecule has 0 unspecified atom stereocenters. The van der Waals surface area contributed by atoms with Crippen molar-refractivity contribution in [3.05, 3.63) is 63.1 Å². The van der Waals surface area contributed by atoms with Gasteiger partial charge in [0.05, 0.1) is 16.7 Å². The number of amides is 1. The molecule has 0 bridgehead atoms. The van der Waals surface area contributed by atoms with Crippen LogP contribution in [0, 0.1) is 18.3 Å². The highest BCUT2D eigenvalue weighted by atomic mass is 35.5. The van der Waals surface area contributed by atoms with Crippen LogP contribution in [0.3, 0.4) is 0 Å². The third kappa shape index (κ3) is 6.81. The fraction of sp³-hybridized carbons (Fsp3) is 0.304. The van der Waals surface area contributed by atoms with Gasteiger partial charge in [-0.2, -0.15) is 5.26 Å². The van der Waals surface area contributed by atoms with E-state index in [1.54, 1.807) is 18.2 Å². The summed E-state index contributed by atoms with van der Waals surface area (Å²) < 4.78 is 5.71. The number of para-hydroxylation sites is 1. The minimum atomic E-state index is -0.495. The number of rotatable bonds is 9. The maximum Gasteiger partial charge on any atom is 0.266 e. The quantitative estimate of drug-likeness (QED) is 0.270. The first-order chi connectivity index (χ1) is 14.0. The number of nitrogens with zero attached hydrogens (tertiary/aromatic N) is 1. The summed E-state index contributed by atoms with van der Waals surface area (Å²) >= 11 is 12.6. The van der Waals surface area contributed by atoms with Crippen LogP contribution in [0.1, 0.15) is 43.7 Å². The fourth-order valence-corrected chi connectivity index (χ4v) is 3.33. The van der Waals surface area contributed by atoms with Crippen molar-refractivity contribution >= 4 is 40.9 Å². The fourth-order valence-electron chi connectivity index (χ4n) is 2.72. The lowest BCUT2D eigenvalue weighted by atomic mass is 10.1. The molecule has 0 aromatic heterocycles. The van der Waals surface area contributed by atoms with Gasteiger partial charge in [-0.25, -0.2) is 0 Å². The number of ether oxygens (including phenoxy) is 1. The summed E-state index contributed by atoms with van der Waals surface area (Å²) in [5.74, 6) is -0.0739. The van der Waals surface area contributed by atoms with E-state index in [1.807, 2.05) is 31.2 Å². The summed E-state index contributed by atoms with van der Waals surface area (Å²) in [6, 6.07) is 12.6. The van der Waals surface area contributed by atoms with Gasteiger partial charge in [-0.15, -0.1) is 0 Å². The molecule has 1 N–H and O–H groups in total. The van der Waals surface area contributed by atoms with Gasteiger partial charge in [0.25, 0.3) is 5.91 Å². The van der Waals surface area contributed by atoms with E-state index in [0.29, 0.717) is 33.7 Å². The first kappa shape index (κ1) is 22.8. The first-order valence-corrected chi connectivity index (χ1v) is 10.3. The molecule has 0 aliphatic heterocycles. The van der Waals surface area contributed by atoms with E-state index in [-0.39, 0.29) is 5.57 Å². The van der Waals surface area contributed by atoms with E-state index in [9.17, 15) is 10.1 Å². The molecule has 0 heterocycles.